The van der Waals surface area contributed by atoms with Crippen LogP contribution in [0.2, 0.25) is 0 Å². The number of anilines is 1. The molecule has 0 aliphatic heterocycles. The summed E-state index contributed by atoms with van der Waals surface area (Å²) in [6, 6.07) is 3.07. The molecule has 0 bridgehead atoms. The van der Waals surface area contributed by atoms with E-state index in [1.54, 1.807) is 0 Å². The zero-order chi connectivity index (χ0) is 15.2. The van der Waals surface area contributed by atoms with E-state index in [9.17, 15) is 14.0 Å². The van der Waals surface area contributed by atoms with Crippen LogP contribution in [-0.4, -0.2) is 23.1 Å². The normalized spacial score (nSPS) is 16.0. The van der Waals surface area contributed by atoms with Gasteiger partial charge in [-0.2, -0.15) is 0 Å². The number of carboxylic acids is 1. The summed E-state index contributed by atoms with van der Waals surface area (Å²) < 4.78 is 13.7. The van der Waals surface area contributed by atoms with Crippen molar-refractivity contribution in [2.75, 3.05) is 5.32 Å². The second kappa shape index (κ2) is 7.06. The van der Waals surface area contributed by atoms with Gasteiger partial charge in [0, 0.05) is 6.04 Å². The van der Waals surface area contributed by atoms with Gasteiger partial charge in [0.25, 0.3) is 0 Å². The summed E-state index contributed by atoms with van der Waals surface area (Å²) in [4.78, 5) is 22.6. The molecule has 1 aliphatic carbocycles. The van der Waals surface area contributed by atoms with Crippen LogP contribution in [0.4, 0.5) is 14.9 Å². The van der Waals surface area contributed by atoms with Gasteiger partial charge in [-0.25, -0.2) is 14.0 Å². The van der Waals surface area contributed by atoms with Gasteiger partial charge in [0.1, 0.15) is 5.82 Å². The van der Waals surface area contributed by atoms with Gasteiger partial charge in [0.15, 0.2) is 0 Å². The molecule has 1 aromatic rings. The van der Waals surface area contributed by atoms with Crippen LogP contribution >= 0.6 is 0 Å². The third kappa shape index (κ3) is 4.44. The molecule has 5 nitrogen and oxygen atoms in total. The summed E-state index contributed by atoms with van der Waals surface area (Å²) >= 11 is 0. The smallest absolute Gasteiger partial charge is 0.335 e. The summed E-state index contributed by atoms with van der Waals surface area (Å²) in [5.74, 6) is -1.96. The molecule has 1 fully saturated rings. The van der Waals surface area contributed by atoms with Crippen molar-refractivity contribution in [1.82, 2.24) is 5.32 Å². The third-order valence-electron chi connectivity index (χ3n) is 3.65. The first-order valence-electron chi connectivity index (χ1n) is 7.16. The fourth-order valence-corrected chi connectivity index (χ4v) is 2.52. The Balaban J connectivity index is 1.94. The highest BCUT2D eigenvalue weighted by molar-refractivity contribution is 5.91. The predicted octanol–water partition coefficient (Wildman–Crippen LogP) is 3.37. The van der Waals surface area contributed by atoms with Gasteiger partial charge in [0.2, 0.25) is 0 Å². The van der Waals surface area contributed by atoms with E-state index in [0.29, 0.717) is 0 Å². The zero-order valence-corrected chi connectivity index (χ0v) is 11.7. The fraction of sp³-hybridized carbons (Fsp3) is 0.467. The van der Waals surface area contributed by atoms with Crippen molar-refractivity contribution in [3.63, 3.8) is 0 Å². The Labute approximate surface area is 122 Å². The molecule has 0 atom stereocenters. The number of aromatic carboxylic acids is 1. The van der Waals surface area contributed by atoms with Crippen molar-refractivity contribution >= 4 is 17.7 Å². The minimum atomic E-state index is -1.21. The number of carbonyl (C=O) groups is 2. The molecular weight excluding hydrogens is 275 g/mol. The third-order valence-corrected chi connectivity index (χ3v) is 3.65. The SMILES string of the molecule is O=C(Nc1ccc(C(=O)O)cc1F)NC1CCCCCC1. The maximum Gasteiger partial charge on any atom is 0.335 e. The maximum absolute atomic E-state index is 13.7. The minimum Gasteiger partial charge on any atom is -0.478 e. The van der Waals surface area contributed by atoms with Gasteiger partial charge in [-0.05, 0) is 31.0 Å². The van der Waals surface area contributed by atoms with E-state index in [0.717, 1.165) is 31.7 Å². The molecule has 2 rings (SSSR count). The maximum atomic E-state index is 13.7. The number of benzene rings is 1. The number of amides is 2. The van der Waals surface area contributed by atoms with Crippen LogP contribution in [0.1, 0.15) is 48.9 Å². The van der Waals surface area contributed by atoms with Crippen molar-refractivity contribution in [2.24, 2.45) is 0 Å². The van der Waals surface area contributed by atoms with Gasteiger partial charge < -0.3 is 15.7 Å². The Bertz CT molecular complexity index is 526. The second-order valence-corrected chi connectivity index (χ2v) is 5.29. The van der Waals surface area contributed by atoms with Crippen LogP contribution in [0.25, 0.3) is 0 Å². The molecule has 6 heteroatoms. The van der Waals surface area contributed by atoms with Gasteiger partial charge >= 0.3 is 12.0 Å². The van der Waals surface area contributed by atoms with Crippen molar-refractivity contribution in [3.05, 3.63) is 29.6 Å². The highest BCUT2D eigenvalue weighted by atomic mass is 19.1. The lowest BCUT2D eigenvalue weighted by atomic mass is 10.1. The zero-order valence-electron chi connectivity index (χ0n) is 11.7. The van der Waals surface area contributed by atoms with Gasteiger partial charge in [0.05, 0.1) is 11.3 Å². The molecule has 21 heavy (non-hydrogen) atoms. The standard InChI is InChI=1S/C15H19FN2O3/c16-12-9-10(14(19)20)7-8-13(12)18-15(21)17-11-5-3-1-2-4-6-11/h7-9,11H,1-6H2,(H,19,20)(H2,17,18,21). The van der Waals surface area contributed by atoms with Crippen LogP contribution in [0.15, 0.2) is 18.2 Å². The highest BCUT2D eigenvalue weighted by Crippen LogP contribution is 2.18. The Morgan fingerprint density at radius 1 is 1.14 bits per heavy atom. The highest BCUT2D eigenvalue weighted by Gasteiger charge is 2.16. The fourth-order valence-electron chi connectivity index (χ4n) is 2.52. The van der Waals surface area contributed by atoms with Crippen LogP contribution < -0.4 is 10.6 Å². The number of carbonyl (C=O) groups excluding carboxylic acids is 1. The molecule has 3 N–H and O–H groups in total. The summed E-state index contributed by atoms with van der Waals surface area (Å²) in [7, 11) is 0. The molecule has 0 radical (unpaired) electrons. The molecule has 2 amide bonds. The Morgan fingerprint density at radius 2 is 1.81 bits per heavy atom. The lowest BCUT2D eigenvalue weighted by Crippen LogP contribution is -2.37. The average Bonchev–Trinajstić information content (AvgIpc) is 2.69. The first-order valence-corrected chi connectivity index (χ1v) is 7.16. The van der Waals surface area contributed by atoms with Crippen LogP contribution in [-0.2, 0) is 0 Å². The van der Waals surface area contributed by atoms with Crippen molar-refractivity contribution in [2.45, 2.75) is 44.6 Å². The summed E-state index contributed by atoms with van der Waals surface area (Å²) in [5.41, 5.74) is -0.173. The van der Waals surface area contributed by atoms with Crippen LogP contribution in [0.5, 0.6) is 0 Å². The van der Waals surface area contributed by atoms with Crippen molar-refractivity contribution in [1.29, 1.82) is 0 Å². The summed E-state index contributed by atoms with van der Waals surface area (Å²) in [6.07, 6.45) is 6.43. The van der Waals surface area contributed by atoms with Gasteiger partial charge in [-0.1, -0.05) is 25.7 Å². The first-order chi connectivity index (χ1) is 10.1. The molecule has 0 spiro atoms. The molecular formula is C15H19FN2O3. The molecule has 114 valence electrons. The van der Waals surface area contributed by atoms with E-state index in [1.165, 1.54) is 25.0 Å². The van der Waals surface area contributed by atoms with Crippen molar-refractivity contribution < 1.29 is 19.1 Å². The monoisotopic (exact) mass is 294 g/mol. The number of urea groups is 1. The Hall–Kier alpha value is -2.11. The van der Waals surface area contributed by atoms with Gasteiger partial charge in [-0.3, -0.25) is 0 Å². The van der Waals surface area contributed by atoms with E-state index in [2.05, 4.69) is 10.6 Å². The van der Waals surface area contributed by atoms with Crippen LogP contribution in [0.3, 0.4) is 0 Å². The molecule has 1 aromatic carbocycles. The molecule has 1 saturated carbocycles. The number of hydrogen-bond donors (Lipinski definition) is 3. The predicted molar refractivity (Wildman–Crippen MR) is 77.0 cm³/mol. The van der Waals surface area contributed by atoms with Gasteiger partial charge in [-0.15, -0.1) is 0 Å². The van der Waals surface area contributed by atoms with E-state index in [1.807, 2.05) is 0 Å². The molecule has 0 aromatic heterocycles. The van der Waals surface area contributed by atoms with Crippen LogP contribution in [0, 0.1) is 5.82 Å². The molecule has 1 aliphatic rings. The molecule has 0 saturated heterocycles. The number of hydrogen-bond acceptors (Lipinski definition) is 2. The minimum absolute atomic E-state index is 0.0221. The van der Waals surface area contributed by atoms with E-state index in [4.69, 9.17) is 5.11 Å². The second-order valence-electron chi connectivity index (χ2n) is 5.29. The first kappa shape index (κ1) is 15.3. The number of nitrogens with one attached hydrogen (secondary N) is 2. The molecule has 0 unspecified atom stereocenters. The average molecular weight is 294 g/mol. The summed E-state index contributed by atoms with van der Waals surface area (Å²) in [6.45, 7) is 0. The largest absolute Gasteiger partial charge is 0.478 e. The quantitative estimate of drug-likeness (QED) is 0.748. The number of carboxylic acid groups (broad SMARTS) is 1. The summed E-state index contributed by atoms with van der Waals surface area (Å²) in [5, 5.41) is 14.0. The topological polar surface area (TPSA) is 78.4 Å². The number of rotatable bonds is 3. The Morgan fingerprint density at radius 3 is 2.38 bits per heavy atom. The number of halogens is 1. The molecule has 0 heterocycles. The lowest BCUT2D eigenvalue weighted by Gasteiger charge is -2.17. The van der Waals surface area contributed by atoms with Crippen molar-refractivity contribution in [3.8, 4) is 0 Å². The Kier molecular flexibility index (Phi) is 5.14. The van der Waals surface area contributed by atoms with E-state index >= 15 is 0 Å². The lowest BCUT2D eigenvalue weighted by molar-refractivity contribution is 0.0696. The van der Waals surface area contributed by atoms with E-state index in [-0.39, 0.29) is 17.3 Å². The van der Waals surface area contributed by atoms with E-state index < -0.39 is 17.8 Å².